The van der Waals surface area contributed by atoms with Gasteiger partial charge in [0.2, 0.25) is 0 Å². The van der Waals surface area contributed by atoms with Crippen LogP contribution in [0.3, 0.4) is 0 Å². The number of halogens is 1. The number of hydrogen-bond acceptors (Lipinski definition) is 3. The lowest BCUT2D eigenvalue weighted by Gasteiger charge is -2.30. The number of H-pyrrole nitrogens is 1. The second-order valence-corrected chi connectivity index (χ2v) is 5.71. The Hall–Kier alpha value is -1.30. The first-order valence-corrected chi connectivity index (χ1v) is 6.94. The maximum atomic E-state index is 12.0. The lowest BCUT2D eigenvalue weighted by atomic mass is 10.2. The quantitative estimate of drug-likeness (QED) is 0.844. The molecule has 0 atom stereocenters. The van der Waals surface area contributed by atoms with E-state index in [-0.39, 0.29) is 24.6 Å². The number of hydrogen-bond donors (Lipinski definition) is 1. The van der Waals surface area contributed by atoms with Gasteiger partial charge in [0.05, 0.1) is 0 Å². The molecule has 0 aromatic carbocycles. The summed E-state index contributed by atoms with van der Waals surface area (Å²) in [6, 6.07) is 1.76. The molecule has 0 radical (unpaired) electrons. The van der Waals surface area contributed by atoms with E-state index in [2.05, 4.69) is 20.9 Å². The summed E-state index contributed by atoms with van der Waals surface area (Å²) in [5, 5.41) is 0. The Balaban J connectivity index is 2.56. The minimum absolute atomic E-state index is 0.0748. The fourth-order valence-corrected chi connectivity index (χ4v) is 2.28. The van der Waals surface area contributed by atoms with Crippen molar-refractivity contribution in [1.29, 1.82) is 0 Å². The van der Waals surface area contributed by atoms with E-state index in [9.17, 15) is 9.59 Å². The number of carbonyl (C=O) groups excluding carboxylic acids is 2. The van der Waals surface area contributed by atoms with Gasteiger partial charge in [-0.3, -0.25) is 4.79 Å². The van der Waals surface area contributed by atoms with Crippen molar-refractivity contribution in [3.63, 3.8) is 0 Å². The van der Waals surface area contributed by atoms with E-state index in [4.69, 9.17) is 4.74 Å². The van der Waals surface area contributed by atoms with Crippen LogP contribution in [0.15, 0.2) is 16.7 Å². The molecule has 0 saturated carbocycles. The molecule has 1 rings (SSSR count). The number of carbonyl (C=O) groups is 2. The third-order valence-electron chi connectivity index (χ3n) is 2.60. The second kappa shape index (κ2) is 6.75. The highest BCUT2D eigenvalue weighted by molar-refractivity contribution is 9.10. The monoisotopic (exact) mass is 330 g/mol. The van der Waals surface area contributed by atoms with Crippen LogP contribution in [-0.4, -0.2) is 40.5 Å². The third kappa shape index (κ3) is 4.38. The molecule has 1 heterocycles. The van der Waals surface area contributed by atoms with E-state index in [0.29, 0.717) is 5.69 Å². The number of esters is 1. The lowest BCUT2D eigenvalue weighted by molar-refractivity contribution is -0.138. The molecule has 0 aliphatic carbocycles. The van der Waals surface area contributed by atoms with Crippen LogP contribution in [-0.2, 0) is 9.53 Å². The van der Waals surface area contributed by atoms with Crippen LogP contribution < -0.4 is 0 Å². The highest BCUT2D eigenvalue weighted by Gasteiger charge is 2.21. The number of nitrogens with zero attached hydrogens (tertiary/aromatic N) is 1. The van der Waals surface area contributed by atoms with Gasteiger partial charge >= 0.3 is 5.97 Å². The molecule has 5 nitrogen and oxygen atoms in total. The fourth-order valence-electron chi connectivity index (χ4n) is 1.94. The molecule has 19 heavy (non-hydrogen) atoms. The highest BCUT2D eigenvalue weighted by atomic mass is 79.9. The van der Waals surface area contributed by atoms with Crippen molar-refractivity contribution < 1.29 is 14.3 Å². The summed E-state index contributed by atoms with van der Waals surface area (Å²) in [6.07, 6.45) is 1.63. The van der Waals surface area contributed by atoms with Gasteiger partial charge in [-0.1, -0.05) is 0 Å². The van der Waals surface area contributed by atoms with Gasteiger partial charge in [-0.2, -0.15) is 0 Å². The molecule has 0 aliphatic heterocycles. The molecule has 0 saturated heterocycles. The van der Waals surface area contributed by atoms with Crippen LogP contribution in [0, 0.1) is 0 Å². The third-order valence-corrected chi connectivity index (χ3v) is 3.05. The summed E-state index contributed by atoms with van der Waals surface area (Å²) in [5.41, 5.74) is 0.320. The Labute approximate surface area is 121 Å². The molecular weight excluding hydrogens is 312 g/mol. The number of nitrogens with one attached hydrogen (secondary N) is 1. The van der Waals surface area contributed by atoms with Crippen LogP contribution >= 0.6 is 15.9 Å². The number of aromatic nitrogens is 1. The number of aromatic amines is 1. The van der Waals surface area contributed by atoms with Crippen LogP contribution in [0.1, 0.15) is 38.2 Å². The number of amides is 1. The van der Waals surface area contributed by atoms with E-state index >= 15 is 0 Å². The maximum absolute atomic E-state index is 12.0. The Bertz CT molecular complexity index is 446. The van der Waals surface area contributed by atoms with Gasteiger partial charge in [-0.05, 0) is 49.7 Å². The zero-order valence-corrected chi connectivity index (χ0v) is 13.2. The van der Waals surface area contributed by atoms with Gasteiger partial charge in [-0.25, -0.2) is 4.79 Å². The molecule has 6 heteroatoms. The SMILES string of the molecule is CC(C)N(C(=O)COC(=O)c1cc(Br)c[nH]1)C(C)C. The van der Waals surface area contributed by atoms with Crippen molar-refractivity contribution in [2.75, 3.05) is 6.61 Å². The van der Waals surface area contributed by atoms with E-state index in [1.807, 2.05) is 27.7 Å². The van der Waals surface area contributed by atoms with E-state index in [1.54, 1.807) is 17.2 Å². The first-order valence-electron chi connectivity index (χ1n) is 6.15. The van der Waals surface area contributed by atoms with Crippen molar-refractivity contribution in [3.8, 4) is 0 Å². The molecule has 0 unspecified atom stereocenters. The molecule has 0 bridgehead atoms. The van der Waals surface area contributed by atoms with Crippen LogP contribution in [0.5, 0.6) is 0 Å². The van der Waals surface area contributed by atoms with E-state index < -0.39 is 5.97 Å². The molecular formula is C13H19BrN2O3. The molecule has 0 fully saturated rings. The van der Waals surface area contributed by atoms with Gasteiger partial charge in [0.1, 0.15) is 5.69 Å². The second-order valence-electron chi connectivity index (χ2n) is 4.80. The largest absolute Gasteiger partial charge is 0.451 e. The van der Waals surface area contributed by atoms with Gasteiger partial charge in [0.15, 0.2) is 6.61 Å². The summed E-state index contributed by atoms with van der Waals surface area (Å²) in [6.45, 7) is 7.49. The Kier molecular flexibility index (Phi) is 5.60. The van der Waals surface area contributed by atoms with Crippen molar-refractivity contribution in [2.24, 2.45) is 0 Å². The predicted octanol–water partition coefficient (Wildman–Crippen LogP) is 2.58. The van der Waals surface area contributed by atoms with E-state index in [0.717, 1.165) is 4.47 Å². The smallest absolute Gasteiger partial charge is 0.355 e. The van der Waals surface area contributed by atoms with Crippen LogP contribution in [0.25, 0.3) is 0 Å². The maximum Gasteiger partial charge on any atom is 0.355 e. The summed E-state index contributed by atoms with van der Waals surface area (Å²) >= 11 is 3.23. The lowest BCUT2D eigenvalue weighted by Crippen LogP contribution is -2.44. The zero-order valence-electron chi connectivity index (χ0n) is 11.6. The predicted molar refractivity (Wildman–Crippen MR) is 75.9 cm³/mol. The Morgan fingerprint density at radius 3 is 2.32 bits per heavy atom. The first-order chi connectivity index (χ1) is 8.82. The number of rotatable bonds is 5. The molecule has 1 N–H and O–H groups in total. The standard InChI is InChI=1S/C13H19BrN2O3/c1-8(2)16(9(3)4)12(17)7-19-13(18)11-5-10(14)6-15-11/h5-6,8-9,15H,7H2,1-4H3. The number of ether oxygens (including phenoxy) is 1. The first kappa shape index (κ1) is 15.8. The topological polar surface area (TPSA) is 62.4 Å². The molecule has 1 amide bonds. The Morgan fingerprint density at radius 1 is 1.32 bits per heavy atom. The highest BCUT2D eigenvalue weighted by Crippen LogP contribution is 2.12. The average Bonchev–Trinajstić information content (AvgIpc) is 2.71. The summed E-state index contributed by atoms with van der Waals surface area (Å²) in [4.78, 5) is 28.1. The molecule has 0 aliphatic rings. The van der Waals surface area contributed by atoms with Gasteiger partial charge in [0, 0.05) is 22.8 Å². The van der Waals surface area contributed by atoms with Gasteiger partial charge < -0.3 is 14.6 Å². The fraction of sp³-hybridized carbons (Fsp3) is 0.538. The van der Waals surface area contributed by atoms with Crippen LogP contribution in [0.4, 0.5) is 0 Å². The van der Waals surface area contributed by atoms with E-state index in [1.165, 1.54) is 0 Å². The van der Waals surface area contributed by atoms with Crippen molar-refractivity contribution in [1.82, 2.24) is 9.88 Å². The van der Waals surface area contributed by atoms with Gasteiger partial charge in [0.25, 0.3) is 5.91 Å². The van der Waals surface area contributed by atoms with Crippen molar-refractivity contribution >= 4 is 27.8 Å². The summed E-state index contributed by atoms with van der Waals surface area (Å²) < 4.78 is 5.76. The molecule has 1 aromatic rings. The minimum Gasteiger partial charge on any atom is -0.451 e. The molecule has 1 aromatic heterocycles. The summed E-state index contributed by atoms with van der Waals surface area (Å²) in [5.74, 6) is -0.726. The van der Waals surface area contributed by atoms with Gasteiger partial charge in [-0.15, -0.1) is 0 Å². The van der Waals surface area contributed by atoms with Crippen molar-refractivity contribution in [3.05, 3.63) is 22.4 Å². The zero-order chi connectivity index (χ0) is 14.6. The van der Waals surface area contributed by atoms with Crippen LogP contribution in [0.2, 0.25) is 0 Å². The van der Waals surface area contributed by atoms with Crippen molar-refractivity contribution in [2.45, 2.75) is 39.8 Å². The minimum atomic E-state index is -0.536. The average molecular weight is 331 g/mol. The molecule has 0 spiro atoms. The normalized spacial score (nSPS) is 10.9. The summed E-state index contributed by atoms with van der Waals surface area (Å²) in [7, 11) is 0. The Morgan fingerprint density at radius 2 is 1.89 bits per heavy atom. The molecule has 106 valence electrons.